The number of piperazine rings is 1. The molecule has 0 spiro atoms. The van der Waals surface area contributed by atoms with Crippen molar-refractivity contribution in [1.82, 2.24) is 15.0 Å². The lowest BCUT2D eigenvalue weighted by atomic mass is 10.4. The van der Waals surface area contributed by atoms with E-state index in [1.807, 2.05) is 0 Å². The number of hydrogen-bond donors (Lipinski definition) is 3. The van der Waals surface area contributed by atoms with Crippen LogP contribution in [0, 0.1) is 0 Å². The first-order valence-corrected chi connectivity index (χ1v) is 9.43. The van der Waals surface area contributed by atoms with Crippen LogP contribution in [0.3, 0.4) is 0 Å². The van der Waals surface area contributed by atoms with E-state index in [-0.39, 0.29) is 0 Å². The summed E-state index contributed by atoms with van der Waals surface area (Å²) in [5.74, 6) is -0.445. The molecule has 2 aliphatic heterocycles. The Kier molecular flexibility index (Phi) is 8.40. The summed E-state index contributed by atoms with van der Waals surface area (Å²) < 4.78 is 0. The Morgan fingerprint density at radius 2 is 1.64 bits per heavy atom. The molecular formula is C17H27N7O4. The number of aromatic nitrogens is 3. The van der Waals surface area contributed by atoms with E-state index >= 15 is 0 Å². The zero-order chi connectivity index (χ0) is 20.4. The molecule has 4 N–H and O–H groups in total. The summed E-state index contributed by atoms with van der Waals surface area (Å²) in [6.07, 6.45) is 3.41. The quantitative estimate of drug-likeness (QED) is 0.449. The van der Waals surface area contributed by atoms with Crippen LogP contribution in [0.15, 0.2) is 12.2 Å². The summed E-state index contributed by atoms with van der Waals surface area (Å²) in [7, 11) is 0. The Hall–Kier alpha value is -2.95. The summed E-state index contributed by atoms with van der Waals surface area (Å²) in [5, 5.41) is 22.8. The molecule has 154 valence electrons. The second-order valence-corrected chi connectivity index (χ2v) is 6.33. The predicted octanol–water partition coefficient (Wildman–Crippen LogP) is -2.34. The van der Waals surface area contributed by atoms with Crippen LogP contribution < -0.4 is 25.5 Å². The second-order valence-electron chi connectivity index (χ2n) is 6.33. The Morgan fingerprint density at radius 3 is 2.11 bits per heavy atom. The number of nitrogens with two attached hydrogens (primary N) is 1. The molecule has 0 aromatic carbocycles. The second kappa shape index (κ2) is 11.0. The Balaban J connectivity index is 0.000000300. The first kappa shape index (κ1) is 21.4. The van der Waals surface area contributed by atoms with Gasteiger partial charge < -0.3 is 35.4 Å². The molecule has 2 fully saturated rings. The summed E-state index contributed by atoms with van der Waals surface area (Å²) >= 11 is 0. The molecule has 0 unspecified atom stereocenters. The molecule has 0 radical (unpaired) electrons. The highest BCUT2D eigenvalue weighted by atomic mass is 16.4. The zero-order valence-electron chi connectivity index (χ0n) is 16.0. The fourth-order valence-corrected chi connectivity index (χ4v) is 2.88. The average molecular weight is 393 g/mol. The molecule has 0 amide bonds. The molecule has 0 atom stereocenters. The fraction of sp³-hybridized carbons (Fsp3) is 0.588. The smallest absolute Gasteiger partial charge is 0.328 e. The van der Waals surface area contributed by atoms with Gasteiger partial charge >= 0.3 is 5.97 Å². The van der Waals surface area contributed by atoms with Crippen molar-refractivity contribution in [1.29, 1.82) is 0 Å². The van der Waals surface area contributed by atoms with Gasteiger partial charge in [0.25, 0.3) is 0 Å². The van der Waals surface area contributed by atoms with Crippen LogP contribution in [-0.2, 0) is 9.59 Å². The topological polar surface area (TPSA) is 151 Å². The van der Waals surface area contributed by atoms with Gasteiger partial charge in [-0.2, -0.15) is 15.0 Å². The van der Waals surface area contributed by atoms with Crippen molar-refractivity contribution in [3.8, 4) is 0 Å². The van der Waals surface area contributed by atoms with Gasteiger partial charge in [-0.05, 0) is 25.8 Å². The maximum absolute atomic E-state index is 9.53. The number of carbonyl (C=O) groups excluding carboxylic acids is 1. The van der Waals surface area contributed by atoms with Crippen LogP contribution in [0.2, 0.25) is 0 Å². The Bertz CT molecular complexity index is 670. The van der Waals surface area contributed by atoms with Gasteiger partial charge in [0.1, 0.15) is 0 Å². The van der Waals surface area contributed by atoms with Crippen LogP contribution in [0.4, 0.5) is 17.8 Å². The van der Waals surface area contributed by atoms with Crippen molar-refractivity contribution in [3.05, 3.63) is 12.2 Å². The summed E-state index contributed by atoms with van der Waals surface area (Å²) in [6.45, 7) is 9.25. The number of carbonyl (C=O) groups is 2. The fourth-order valence-electron chi connectivity index (χ4n) is 2.88. The van der Waals surface area contributed by atoms with Crippen molar-refractivity contribution >= 4 is 29.8 Å². The average Bonchev–Trinajstić information content (AvgIpc) is 3.23. The molecule has 0 aliphatic carbocycles. The SMILES string of the molecule is CCNc1nc(N2CCCC2)nc(N2CC[NH2+]CC2)n1.O=C([O-])/C=C/C(=O)O. The third-order valence-corrected chi connectivity index (χ3v) is 4.19. The minimum absolute atomic E-state index is 0.447. The van der Waals surface area contributed by atoms with Gasteiger partial charge in [-0.15, -0.1) is 0 Å². The van der Waals surface area contributed by atoms with E-state index in [0.29, 0.717) is 18.1 Å². The third-order valence-electron chi connectivity index (χ3n) is 4.19. The van der Waals surface area contributed by atoms with Crippen LogP contribution in [0.1, 0.15) is 19.8 Å². The van der Waals surface area contributed by atoms with Gasteiger partial charge in [0, 0.05) is 25.7 Å². The lowest BCUT2D eigenvalue weighted by molar-refractivity contribution is -0.655. The number of nitrogens with one attached hydrogen (secondary N) is 1. The first-order chi connectivity index (χ1) is 13.5. The highest BCUT2D eigenvalue weighted by molar-refractivity contribution is 5.88. The van der Waals surface area contributed by atoms with Gasteiger partial charge in [-0.1, -0.05) is 0 Å². The lowest BCUT2D eigenvalue weighted by Gasteiger charge is -2.26. The molecule has 3 heterocycles. The maximum atomic E-state index is 9.53. The van der Waals surface area contributed by atoms with Crippen LogP contribution in [0.25, 0.3) is 0 Å². The predicted molar refractivity (Wildman–Crippen MR) is 101 cm³/mol. The molecule has 2 saturated heterocycles. The van der Waals surface area contributed by atoms with E-state index in [2.05, 4.69) is 37.3 Å². The molecule has 2 aliphatic rings. The zero-order valence-corrected chi connectivity index (χ0v) is 16.0. The molecule has 11 nitrogen and oxygen atoms in total. The summed E-state index contributed by atoms with van der Waals surface area (Å²) in [4.78, 5) is 37.3. The molecule has 1 aromatic heterocycles. The molecule has 3 rings (SSSR count). The van der Waals surface area contributed by atoms with Crippen molar-refractivity contribution in [2.24, 2.45) is 0 Å². The summed E-state index contributed by atoms with van der Waals surface area (Å²) in [5.41, 5.74) is 0. The Morgan fingerprint density at radius 1 is 1.07 bits per heavy atom. The van der Waals surface area contributed by atoms with Crippen LogP contribution in [-0.4, -0.2) is 77.8 Å². The molecule has 0 bridgehead atoms. The minimum Gasteiger partial charge on any atom is -0.545 e. The van der Waals surface area contributed by atoms with E-state index in [4.69, 9.17) is 10.1 Å². The van der Waals surface area contributed by atoms with E-state index in [1.165, 1.54) is 12.8 Å². The van der Waals surface area contributed by atoms with Crippen molar-refractivity contribution in [3.63, 3.8) is 0 Å². The number of aliphatic carboxylic acids is 2. The van der Waals surface area contributed by atoms with Gasteiger partial charge in [0.15, 0.2) is 0 Å². The van der Waals surface area contributed by atoms with Gasteiger partial charge in [-0.3, -0.25) is 0 Å². The van der Waals surface area contributed by atoms with Crippen molar-refractivity contribution in [2.75, 3.05) is 60.9 Å². The van der Waals surface area contributed by atoms with Crippen LogP contribution >= 0.6 is 0 Å². The maximum Gasteiger partial charge on any atom is 0.328 e. The van der Waals surface area contributed by atoms with Gasteiger partial charge in [-0.25, -0.2) is 4.79 Å². The number of nitrogens with zero attached hydrogens (tertiary/aromatic N) is 5. The first-order valence-electron chi connectivity index (χ1n) is 9.43. The van der Waals surface area contributed by atoms with Crippen molar-refractivity contribution < 1.29 is 25.1 Å². The highest BCUT2D eigenvalue weighted by Crippen LogP contribution is 2.20. The summed E-state index contributed by atoms with van der Waals surface area (Å²) in [6, 6.07) is 0. The number of anilines is 3. The molecule has 0 saturated carbocycles. The number of carboxylic acids is 2. The van der Waals surface area contributed by atoms with Gasteiger partial charge in [0.2, 0.25) is 17.8 Å². The van der Waals surface area contributed by atoms with Crippen LogP contribution in [0.5, 0.6) is 0 Å². The molecular weight excluding hydrogens is 366 g/mol. The highest BCUT2D eigenvalue weighted by Gasteiger charge is 2.21. The largest absolute Gasteiger partial charge is 0.545 e. The number of carboxylic acid groups (broad SMARTS) is 2. The number of rotatable bonds is 6. The van der Waals surface area contributed by atoms with E-state index in [0.717, 1.165) is 57.7 Å². The van der Waals surface area contributed by atoms with Gasteiger partial charge in [0.05, 0.1) is 32.1 Å². The van der Waals surface area contributed by atoms with E-state index in [9.17, 15) is 14.7 Å². The van der Waals surface area contributed by atoms with E-state index < -0.39 is 11.9 Å². The van der Waals surface area contributed by atoms with E-state index in [1.54, 1.807) is 0 Å². The third kappa shape index (κ3) is 6.99. The number of quaternary nitrogens is 1. The lowest BCUT2D eigenvalue weighted by Crippen LogP contribution is -2.89. The Labute approximate surface area is 163 Å². The standard InChI is InChI=1S/C13H23N7.C4H4O4/c1-2-15-11-16-12(19-7-3-4-8-19)18-13(17-11)20-9-5-14-6-10-20;5-3(6)1-2-4(7)8/h14H,2-10H2,1H3,(H,15,16,17,18);1-2H,(H,5,6)(H,7,8)/b;2-1+. The monoisotopic (exact) mass is 393 g/mol. The molecule has 11 heteroatoms. The normalized spacial score (nSPS) is 16.6. The minimum atomic E-state index is -1.51. The number of hydrogen-bond acceptors (Lipinski definition) is 9. The molecule has 28 heavy (non-hydrogen) atoms. The van der Waals surface area contributed by atoms with Crippen molar-refractivity contribution in [2.45, 2.75) is 19.8 Å². The molecule has 1 aromatic rings.